The Morgan fingerprint density at radius 1 is 1.09 bits per heavy atom. The first-order valence-corrected chi connectivity index (χ1v) is 10.4. The van der Waals surface area contributed by atoms with Gasteiger partial charge in [0.2, 0.25) is 5.62 Å². The first-order chi connectivity index (χ1) is 15.2. The molecule has 1 N–H and O–H groups in total. The minimum atomic E-state index is -0.676. The molecule has 0 unspecified atom stereocenters. The highest BCUT2D eigenvalue weighted by molar-refractivity contribution is 6.30. The van der Waals surface area contributed by atoms with E-state index in [-0.39, 0.29) is 18.7 Å². The molecule has 3 rings (SSSR count). The van der Waals surface area contributed by atoms with Crippen molar-refractivity contribution in [1.29, 1.82) is 0 Å². The van der Waals surface area contributed by atoms with Gasteiger partial charge in [0.1, 0.15) is 0 Å². The maximum Gasteiger partial charge on any atom is 0.335 e. The largest absolute Gasteiger partial charge is 0.469 e. The zero-order chi connectivity index (χ0) is 23.4. The Kier molecular flexibility index (Phi) is 7.15. The third-order valence-corrected chi connectivity index (χ3v) is 5.19. The topological polar surface area (TPSA) is 98.4 Å². The number of aromatic amines is 1. The Bertz CT molecular complexity index is 1300. The first-order valence-electron chi connectivity index (χ1n) is 10.1. The molecule has 0 fully saturated rings. The van der Waals surface area contributed by atoms with Gasteiger partial charge in [-0.25, -0.2) is 19.1 Å². The highest BCUT2D eigenvalue weighted by Gasteiger charge is 2.18. The van der Waals surface area contributed by atoms with Gasteiger partial charge in [-0.15, -0.1) is 0 Å². The third-order valence-electron chi connectivity index (χ3n) is 4.94. The molecule has 1 heterocycles. The minimum absolute atomic E-state index is 0.113. The Morgan fingerprint density at radius 2 is 1.72 bits per heavy atom. The van der Waals surface area contributed by atoms with Crippen LogP contribution in [0.4, 0.5) is 5.69 Å². The number of aryl methyl sites for hydroxylation is 2. The summed E-state index contributed by atoms with van der Waals surface area (Å²) in [6.45, 7) is 5.52. The lowest BCUT2D eigenvalue weighted by Gasteiger charge is -2.14. The van der Waals surface area contributed by atoms with Crippen LogP contribution in [0.2, 0.25) is 5.02 Å². The number of benzene rings is 2. The van der Waals surface area contributed by atoms with Crippen LogP contribution in [0.15, 0.2) is 57.0 Å². The SMILES string of the molecule is COC(=O)[C@@H](C)Cn1c(=O)[nH]/c(=N\c2cc(C)cc(C)c2)n(Cc2ccc(Cl)cc2)c1=O. The van der Waals surface area contributed by atoms with Gasteiger partial charge in [-0.3, -0.25) is 14.3 Å². The third kappa shape index (κ3) is 5.45. The lowest BCUT2D eigenvalue weighted by Crippen LogP contribution is -2.51. The van der Waals surface area contributed by atoms with Crippen molar-refractivity contribution in [2.45, 2.75) is 33.9 Å². The number of ether oxygens (including phenoxy) is 1. The minimum Gasteiger partial charge on any atom is -0.469 e. The Balaban J connectivity index is 2.20. The summed E-state index contributed by atoms with van der Waals surface area (Å²) in [6.07, 6.45) is 0. The van der Waals surface area contributed by atoms with E-state index in [4.69, 9.17) is 16.3 Å². The molecule has 1 aromatic heterocycles. The number of rotatable bonds is 6. The summed E-state index contributed by atoms with van der Waals surface area (Å²) in [6, 6.07) is 12.8. The van der Waals surface area contributed by atoms with E-state index in [9.17, 15) is 14.4 Å². The number of carbonyl (C=O) groups is 1. The van der Waals surface area contributed by atoms with Crippen molar-refractivity contribution in [3.63, 3.8) is 0 Å². The molecule has 0 amide bonds. The zero-order valence-corrected chi connectivity index (χ0v) is 19.1. The maximum absolute atomic E-state index is 13.3. The van der Waals surface area contributed by atoms with Crippen molar-refractivity contribution >= 4 is 23.3 Å². The summed E-state index contributed by atoms with van der Waals surface area (Å²) < 4.78 is 7.07. The van der Waals surface area contributed by atoms with Gasteiger partial charge in [0.05, 0.1) is 25.3 Å². The van der Waals surface area contributed by atoms with Gasteiger partial charge in [0, 0.05) is 11.6 Å². The quantitative estimate of drug-likeness (QED) is 0.576. The van der Waals surface area contributed by atoms with Crippen LogP contribution in [0.3, 0.4) is 0 Å². The monoisotopic (exact) mass is 456 g/mol. The van der Waals surface area contributed by atoms with Gasteiger partial charge in [-0.05, 0) is 54.8 Å². The number of hydrogen-bond donors (Lipinski definition) is 1. The van der Waals surface area contributed by atoms with Crippen LogP contribution in [0.5, 0.6) is 0 Å². The summed E-state index contributed by atoms with van der Waals surface area (Å²) in [5, 5.41) is 0.574. The molecule has 0 aliphatic heterocycles. The van der Waals surface area contributed by atoms with Gasteiger partial charge in [0.15, 0.2) is 0 Å². The van der Waals surface area contributed by atoms with Crippen molar-refractivity contribution < 1.29 is 9.53 Å². The van der Waals surface area contributed by atoms with Crippen molar-refractivity contribution in [1.82, 2.24) is 14.1 Å². The van der Waals surface area contributed by atoms with Crippen LogP contribution >= 0.6 is 11.6 Å². The number of aromatic nitrogens is 3. The van der Waals surface area contributed by atoms with E-state index in [0.717, 1.165) is 21.3 Å². The van der Waals surface area contributed by atoms with Gasteiger partial charge in [-0.1, -0.05) is 36.7 Å². The summed E-state index contributed by atoms with van der Waals surface area (Å²) in [7, 11) is 1.26. The van der Waals surface area contributed by atoms with Crippen molar-refractivity contribution in [2.75, 3.05) is 7.11 Å². The van der Waals surface area contributed by atoms with E-state index in [0.29, 0.717) is 10.7 Å². The van der Waals surface area contributed by atoms with Crippen molar-refractivity contribution in [2.24, 2.45) is 10.9 Å². The molecule has 3 aromatic rings. The molecular formula is C23H25ClN4O4. The smallest absolute Gasteiger partial charge is 0.335 e. The standard InChI is InChI=1S/C23H25ClN4O4/c1-14-9-15(2)11-19(10-14)25-21-26-22(30)28(12-16(3)20(29)32-4)23(31)27(21)13-17-5-7-18(24)8-6-17/h5-11,16H,12-13H2,1-4H3,(H,25,26,30)/t16-/m0/s1. The van der Waals surface area contributed by atoms with Crippen molar-refractivity contribution in [3.05, 3.63) is 90.8 Å². The van der Waals surface area contributed by atoms with E-state index in [1.54, 1.807) is 31.2 Å². The molecule has 0 spiro atoms. The number of esters is 1. The van der Waals surface area contributed by atoms with Crippen LogP contribution in [-0.4, -0.2) is 27.2 Å². The number of nitrogens with zero attached hydrogens (tertiary/aromatic N) is 3. The van der Waals surface area contributed by atoms with E-state index < -0.39 is 23.3 Å². The molecule has 8 nitrogen and oxygen atoms in total. The number of nitrogens with one attached hydrogen (secondary N) is 1. The zero-order valence-electron chi connectivity index (χ0n) is 18.4. The van der Waals surface area contributed by atoms with Crippen LogP contribution in [0.25, 0.3) is 0 Å². The summed E-state index contributed by atoms with van der Waals surface area (Å²) in [5.41, 5.74) is 2.31. The van der Waals surface area contributed by atoms with Crippen LogP contribution in [0, 0.1) is 19.8 Å². The van der Waals surface area contributed by atoms with Gasteiger partial charge in [0.25, 0.3) is 0 Å². The number of methoxy groups -OCH3 is 1. The predicted octanol–water partition coefficient (Wildman–Crippen LogP) is 2.70. The molecule has 0 aliphatic rings. The van der Waals surface area contributed by atoms with Gasteiger partial charge < -0.3 is 4.74 Å². The first kappa shape index (κ1) is 23.3. The summed E-state index contributed by atoms with van der Waals surface area (Å²) in [4.78, 5) is 45.1. The molecule has 0 aliphatic carbocycles. The molecule has 168 valence electrons. The van der Waals surface area contributed by atoms with Crippen LogP contribution in [-0.2, 0) is 22.6 Å². The second kappa shape index (κ2) is 9.82. The normalized spacial score (nSPS) is 12.6. The molecule has 2 aromatic carbocycles. The Hall–Kier alpha value is -3.39. The Morgan fingerprint density at radius 3 is 2.31 bits per heavy atom. The number of hydrogen-bond acceptors (Lipinski definition) is 5. The summed E-state index contributed by atoms with van der Waals surface area (Å²) in [5.74, 6) is -1.19. The molecule has 1 atom stereocenters. The summed E-state index contributed by atoms with van der Waals surface area (Å²) >= 11 is 5.98. The maximum atomic E-state index is 13.3. The van der Waals surface area contributed by atoms with E-state index in [1.807, 2.05) is 32.0 Å². The molecule has 0 radical (unpaired) electrons. The molecule has 0 bridgehead atoms. The number of carbonyl (C=O) groups excluding carboxylic acids is 1. The Labute approximate surface area is 189 Å². The van der Waals surface area contributed by atoms with E-state index >= 15 is 0 Å². The lowest BCUT2D eigenvalue weighted by atomic mass is 10.1. The second-order valence-electron chi connectivity index (χ2n) is 7.74. The van der Waals surface area contributed by atoms with Gasteiger partial charge in [-0.2, -0.15) is 0 Å². The molecule has 9 heteroatoms. The number of H-pyrrole nitrogens is 1. The fraction of sp³-hybridized carbons (Fsp3) is 0.304. The fourth-order valence-electron chi connectivity index (χ4n) is 3.41. The predicted molar refractivity (Wildman–Crippen MR) is 122 cm³/mol. The number of halogens is 1. The van der Waals surface area contributed by atoms with Crippen molar-refractivity contribution in [3.8, 4) is 0 Å². The second-order valence-corrected chi connectivity index (χ2v) is 8.18. The molecular weight excluding hydrogens is 432 g/mol. The average Bonchev–Trinajstić information content (AvgIpc) is 2.73. The molecule has 0 saturated heterocycles. The average molecular weight is 457 g/mol. The highest BCUT2D eigenvalue weighted by atomic mass is 35.5. The van der Waals surface area contributed by atoms with Crippen LogP contribution < -0.4 is 17.0 Å². The fourth-order valence-corrected chi connectivity index (χ4v) is 3.53. The van der Waals surface area contributed by atoms with Crippen LogP contribution in [0.1, 0.15) is 23.6 Å². The van der Waals surface area contributed by atoms with Gasteiger partial charge >= 0.3 is 17.3 Å². The van der Waals surface area contributed by atoms with E-state index in [1.165, 1.54) is 11.7 Å². The lowest BCUT2D eigenvalue weighted by molar-refractivity contribution is -0.145. The highest BCUT2D eigenvalue weighted by Crippen LogP contribution is 2.16. The molecule has 32 heavy (non-hydrogen) atoms. The van der Waals surface area contributed by atoms with E-state index in [2.05, 4.69) is 9.98 Å². The molecule has 0 saturated carbocycles.